The first kappa shape index (κ1) is 15.9. The van der Waals surface area contributed by atoms with Gasteiger partial charge in [-0.3, -0.25) is 0 Å². The first-order valence-electron chi connectivity index (χ1n) is 6.72. The van der Waals surface area contributed by atoms with Crippen molar-refractivity contribution < 1.29 is 4.39 Å². The van der Waals surface area contributed by atoms with Gasteiger partial charge in [0.1, 0.15) is 5.82 Å². The van der Waals surface area contributed by atoms with Crippen molar-refractivity contribution >= 4 is 23.0 Å². The van der Waals surface area contributed by atoms with Gasteiger partial charge in [-0.25, -0.2) is 4.39 Å². The molecule has 1 unspecified atom stereocenters. The van der Waals surface area contributed by atoms with E-state index in [0.717, 1.165) is 12.8 Å². The maximum absolute atomic E-state index is 13.4. The van der Waals surface area contributed by atoms with Gasteiger partial charge in [-0.2, -0.15) is 0 Å². The molecule has 0 amide bonds. The summed E-state index contributed by atoms with van der Waals surface area (Å²) in [5.41, 5.74) is 1.31. The number of halogens is 1. The van der Waals surface area contributed by atoms with E-state index in [0.29, 0.717) is 28.3 Å². The van der Waals surface area contributed by atoms with E-state index < -0.39 is 0 Å². The number of rotatable bonds is 5. The highest BCUT2D eigenvalue weighted by Gasteiger charge is 2.06. The summed E-state index contributed by atoms with van der Waals surface area (Å²) in [5.74, 6) is 0.470. The van der Waals surface area contributed by atoms with E-state index in [2.05, 4.69) is 31.4 Å². The van der Waals surface area contributed by atoms with Gasteiger partial charge in [0.15, 0.2) is 5.11 Å². The van der Waals surface area contributed by atoms with Crippen LogP contribution >= 0.6 is 12.2 Å². The third-order valence-electron chi connectivity index (χ3n) is 2.98. The Morgan fingerprint density at radius 3 is 2.53 bits per heavy atom. The van der Waals surface area contributed by atoms with Gasteiger partial charge in [0, 0.05) is 11.7 Å². The first-order valence-corrected chi connectivity index (χ1v) is 7.13. The Kier molecular flexibility index (Phi) is 6.22. The minimum absolute atomic E-state index is 0.222. The molecular weight excluding hydrogens is 259 g/mol. The van der Waals surface area contributed by atoms with Crippen molar-refractivity contribution in [3.63, 3.8) is 0 Å². The van der Waals surface area contributed by atoms with Gasteiger partial charge in [-0.1, -0.05) is 19.9 Å². The fourth-order valence-electron chi connectivity index (χ4n) is 1.72. The average Bonchev–Trinajstić information content (AvgIpc) is 2.31. The zero-order valence-corrected chi connectivity index (χ0v) is 12.9. The number of nitrogens with one attached hydrogen (secondary N) is 2. The van der Waals surface area contributed by atoms with Crippen LogP contribution in [0.5, 0.6) is 0 Å². The van der Waals surface area contributed by atoms with Crippen LogP contribution in [-0.4, -0.2) is 11.2 Å². The van der Waals surface area contributed by atoms with Gasteiger partial charge in [-0.05, 0) is 62.5 Å². The maximum Gasteiger partial charge on any atom is 0.170 e. The number of hydrogen-bond donors (Lipinski definition) is 2. The monoisotopic (exact) mass is 282 g/mol. The van der Waals surface area contributed by atoms with Crippen molar-refractivity contribution in [2.45, 2.75) is 46.6 Å². The van der Waals surface area contributed by atoms with Crippen LogP contribution in [0.4, 0.5) is 10.1 Å². The summed E-state index contributed by atoms with van der Waals surface area (Å²) in [6.45, 7) is 8.26. The second-order valence-electron chi connectivity index (χ2n) is 5.43. The highest BCUT2D eigenvalue weighted by molar-refractivity contribution is 7.80. The molecule has 0 aliphatic heterocycles. The van der Waals surface area contributed by atoms with E-state index in [4.69, 9.17) is 12.2 Å². The molecule has 0 spiro atoms. The van der Waals surface area contributed by atoms with Crippen LogP contribution in [-0.2, 0) is 0 Å². The van der Waals surface area contributed by atoms with Gasteiger partial charge < -0.3 is 10.6 Å². The van der Waals surface area contributed by atoms with E-state index in [-0.39, 0.29) is 5.82 Å². The summed E-state index contributed by atoms with van der Waals surface area (Å²) in [6.07, 6.45) is 2.23. The smallest absolute Gasteiger partial charge is 0.170 e. The molecule has 0 saturated heterocycles. The van der Waals surface area contributed by atoms with Crippen molar-refractivity contribution in [1.82, 2.24) is 5.32 Å². The van der Waals surface area contributed by atoms with Crippen molar-refractivity contribution in [1.29, 1.82) is 0 Å². The van der Waals surface area contributed by atoms with Gasteiger partial charge in [0.2, 0.25) is 0 Å². The molecule has 0 aromatic heterocycles. The van der Waals surface area contributed by atoms with E-state index in [1.165, 1.54) is 6.07 Å². The minimum Gasteiger partial charge on any atom is -0.360 e. The summed E-state index contributed by atoms with van der Waals surface area (Å²) in [6, 6.07) is 5.34. The molecule has 19 heavy (non-hydrogen) atoms. The third kappa shape index (κ3) is 6.01. The standard InChI is InChI=1S/C15H23FN2S/c1-10(2)5-7-12(4)17-15(19)18-13-8-6-11(3)14(16)9-13/h6,8-10,12H,5,7H2,1-4H3,(H2,17,18,19). The van der Waals surface area contributed by atoms with Crippen molar-refractivity contribution in [3.05, 3.63) is 29.6 Å². The molecule has 1 aromatic carbocycles. The summed E-state index contributed by atoms with van der Waals surface area (Å²) >= 11 is 5.22. The molecule has 2 N–H and O–H groups in total. The lowest BCUT2D eigenvalue weighted by Gasteiger charge is -2.18. The second kappa shape index (κ2) is 7.43. The number of thiocarbonyl (C=S) groups is 1. The highest BCUT2D eigenvalue weighted by atomic mass is 32.1. The lowest BCUT2D eigenvalue weighted by atomic mass is 10.0. The largest absolute Gasteiger partial charge is 0.360 e. The quantitative estimate of drug-likeness (QED) is 0.790. The Hall–Kier alpha value is -1.16. The predicted octanol–water partition coefficient (Wildman–Crippen LogP) is 4.25. The normalized spacial score (nSPS) is 12.3. The summed E-state index contributed by atoms with van der Waals surface area (Å²) < 4.78 is 13.4. The Balaban J connectivity index is 2.44. The van der Waals surface area contributed by atoms with Crippen LogP contribution in [0.2, 0.25) is 0 Å². The van der Waals surface area contributed by atoms with Crippen LogP contribution in [0.15, 0.2) is 18.2 Å². The number of hydrogen-bond acceptors (Lipinski definition) is 1. The number of benzene rings is 1. The van der Waals surface area contributed by atoms with Crippen LogP contribution in [0.3, 0.4) is 0 Å². The minimum atomic E-state index is -0.222. The average molecular weight is 282 g/mol. The molecule has 0 heterocycles. The molecular formula is C15H23FN2S. The molecule has 0 saturated carbocycles. The lowest BCUT2D eigenvalue weighted by molar-refractivity contribution is 0.494. The molecule has 0 radical (unpaired) electrons. The van der Waals surface area contributed by atoms with Gasteiger partial charge in [0.05, 0.1) is 0 Å². The summed E-state index contributed by atoms with van der Waals surface area (Å²) in [5, 5.41) is 6.77. The molecule has 0 aliphatic rings. The second-order valence-corrected chi connectivity index (χ2v) is 5.84. The van der Waals surface area contributed by atoms with Crippen molar-refractivity contribution in [2.75, 3.05) is 5.32 Å². The molecule has 106 valence electrons. The van der Waals surface area contributed by atoms with Crippen LogP contribution < -0.4 is 10.6 Å². The van der Waals surface area contributed by atoms with Crippen LogP contribution in [0.25, 0.3) is 0 Å². The maximum atomic E-state index is 13.4. The summed E-state index contributed by atoms with van der Waals surface area (Å²) in [7, 11) is 0. The zero-order chi connectivity index (χ0) is 14.4. The molecule has 0 aliphatic carbocycles. The fourth-order valence-corrected chi connectivity index (χ4v) is 2.04. The van der Waals surface area contributed by atoms with E-state index in [1.54, 1.807) is 13.0 Å². The van der Waals surface area contributed by atoms with Gasteiger partial charge >= 0.3 is 0 Å². The predicted molar refractivity (Wildman–Crippen MR) is 84.0 cm³/mol. The number of anilines is 1. The fraction of sp³-hybridized carbons (Fsp3) is 0.533. The highest BCUT2D eigenvalue weighted by Crippen LogP contribution is 2.13. The molecule has 1 aromatic rings. The SMILES string of the molecule is Cc1ccc(NC(=S)NC(C)CCC(C)C)cc1F. The van der Waals surface area contributed by atoms with E-state index in [1.807, 2.05) is 6.07 Å². The van der Waals surface area contributed by atoms with Crippen molar-refractivity contribution in [3.8, 4) is 0 Å². The Bertz CT molecular complexity index is 432. The zero-order valence-electron chi connectivity index (χ0n) is 12.1. The molecule has 4 heteroatoms. The first-order chi connectivity index (χ1) is 8.88. The lowest BCUT2D eigenvalue weighted by Crippen LogP contribution is -2.36. The molecule has 1 rings (SSSR count). The number of aryl methyl sites for hydroxylation is 1. The van der Waals surface area contributed by atoms with Gasteiger partial charge in [0.25, 0.3) is 0 Å². The van der Waals surface area contributed by atoms with Gasteiger partial charge in [-0.15, -0.1) is 0 Å². The van der Waals surface area contributed by atoms with Crippen molar-refractivity contribution in [2.24, 2.45) is 5.92 Å². The molecule has 0 fully saturated rings. The van der Waals surface area contributed by atoms with E-state index >= 15 is 0 Å². The topological polar surface area (TPSA) is 24.1 Å². The van der Waals surface area contributed by atoms with E-state index in [9.17, 15) is 4.39 Å². The summed E-state index contributed by atoms with van der Waals surface area (Å²) in [4.78, 5) is 0. The Labute approximate surface area is 120 Å². The van der Waals surface area contributed by atoms with Crippen LogP contribution in [0.1, 0.15) is 39.2 Å². The van der Waals surface area contributed by atoms with Crippen LogP contribution in [0, 0.1) is 18.7 Å². The molecule has 0 bridgehead atoms. The molecule has 2 nitrogen and oxygen atoms in total. The Morgan fingerprint density at radius 1 is 1.26 bits per heavy atom. The Morgan fingerprint density at radius 2 is 1.95 bits per heavy atom. The third-order valence-corrected chi connectivity index (χ3v) is 3.20. The molecule has 1 atom stereocenters.